The molecule has 0 aliphatic heterocycles. The van der Waals surface area contributed by atoms with E-state index >= 15 is 0 Å². The Labute approximate surface area is 108 Å². The van der Waals surface area contributed by atoms with E-state index < -0.39 is 42.6 Å². The third-order valence-corrected chi connectivity index (χ3v) is 1.29. The Morgan fingerprint density at radius 3 is 1.44 bits per heavy atom. The van der Waals surface area contributed by atoms with Crippen molar-refractivity contribution < 1.29 is 39.9 Å². The highest BCUT2D eigenvalue weighted by molar-refractivity contribution is 5.88. The summed E-state index contributed by atoms with van der Waals surface area (Å²) in [5, 5.41) is 41.6. The number of aliphatic carboxylic acids is 3. The molecule has 0 aliphatic rings. The Hall–Kier alpha value is -1.42. The third kappa shape index (κ3) is 12.6. The van der Waals surface area contributed by atoms with Crippen LogP contribution in [-0.2, 0) is 14.4 Å². The van der Waals surface area contributed by atoms with Crippen molar-refractivity contribution in [3.05, 3.63) is 0 Å². The van der Waals surface area contributed by atoms with Crippen LogP contribution in [0.3, 0.4) is 0 Å². The van der Waals surface area contributed by atoms with Gasteiger partial charge in [0.1, 0.15) is 0 Å². The summed E-state index contributed by atoms with van der Waals surface area (Å²) in [5.74, 6) is -5.02. The normalized spacial score (nSPS) is 11.3. The van der Waals surface area contributed by atoms with Gasteiger partial charge in [-0.25, -0.2) is 4.79 Å². The van der Waals surface area contributed by atoms with E-state index in [-0.39, 0.29) is 12.4 Å². The van der Waals surface area contributed by atoms with E-state index in [0.29, 0.717) is 0 Å². The molecule has 0 aromatic carbocycles. The van der Waals surface area contributed by atoms with Crippen molar-refractivity contribution in [2.75, 3.05) is 0 Å². The summed E-state index contributed by atoms with van der Waals surface area (Å²) >= 11 is 0. The molecular formula is C8H16ClNO8. The zero-order chi connectivity index (χ0) is 14.2. The minimum atomic E-state index is -2.74. The van der Waals surface area contributed by atoms with E-state index in [1.54, 1.807) is 0 Å². The van der Waals surface area contributed by atoms with Gasteiger partial charge in [-0.2, -0.15) is 0 Å². The first-order valence-corrected chi connectivity index (χ1v) is 4.34. The van der Waals surface area contributed by atoms with Crippen molar-refractivity contribution in [3.63, 3.8) is 0 Å². The minimum absolute atomic E-state index is 0. The molecule has 0 saturated heterocycles. The third-order valence-electron chi connectivity index (χ3n) is 1.29. The maximum atomic E-state index is 10.3. The van der Waals surface area contributed by atoms with Crippen molar-refractivity contribution in [2.24, 2.45) is 5.73 Å². The van der Waals surface area contributed by atoms with Crippen LogP contribution in [0.4, 0.5) is 0 Å². The summed E-state index contributed by atoms with van der Waals surface area (Å²) in [6.07, 6.45) is -2.96. The van der Waals surface area contributed by atoms with E-state index in [9.17, 15) is 14.4 Å². The summed E-state index contributed by atoms with van der Waals surface area (Å²) in [6, 6.07) is 0. The summed E-state index contributed by atoms with van der Waals surface area (Å²) < 4.78 is 0. The molecule has 0 heterocycles. The SMILES string of the molecule is CC(N)O.Cl.O=C(O)CC(O)(CC(=O)O)C(=O)O. The molecule has 0 aliphatic carbocycles. The Bertz CT molecular complexity index is 274. The molecule has 1 unspecified atom stereocenters. The molecule has 0 aromatic heterocycles. The minimum Gasteiger partial charge on any atom is -0.481 e. The van der Waals surface area contributed by atoms with Crippen LogP contribution in [0.25, 0.3) is 0 Å². The second-order valence-corrected chi connectivity index (χ2v) is 3.22. The van der Waals surface area contributed by atoms with Crippen molar-refractivity contribution in [1.82, 2.24) is 0 Å². The highest BCUT2D eigenvalue weighted by atomic mass is 35.5. The Morgan fingerprint density at radius 2 is 1.33 bits per heavy atom. The summed E-state index contributed by atoms with van der Waals surface area (Å²) in [7, 11) is 0. The first-order valence-electron chi connectivity index (χ1n) is 4.34. The molecule has 18 heavy (non-hydrogen) atoms. The fourth-order valence-electron chi connectivity index (χ4n) is 0.714. The molecule has 9 nitrogen and oxygen atoms in total. The van der Waals surface area contributed by atoms with Crippen LogP contribution in [0.2, 0.25) is 0 Å². The van der Waals surface area contributed by atoms with E-state index in [2.05, 4.69) is 5.73 Å². The average molecular weight is 290 g/mol. The zero-order valence-electron chi connectivity index (χ0n) is 9.44. The molecule has 7 N–H and O–H groups in total. The number of carboxylic acids is 3. The van der Waals surface area contributed by atoms with Crippen molar-refractivity contribution in [2.45, 2.75) is 31.6 Å². The smallest absolute Gasteiger partial charge is 0.336 e. The summed E-state index contributed by atoms with van der Waals surface area (Å²) in [6.45, 7) is 1.50. The van der Waals surface area contributed by atoms with Gasteiger partial charge in [-0.15, -0.1) is 12.4 Å². The van der Waals surface area contributed by atoms with Gasteiger partial charge in [-0.1, -0.05) is 0 Å². The predicted molar refractivity (Wildman–Crippen MR) is 60.2 cm³/mol. The van der Waals surface area contributed by atoms with Crippen LogP contribution in [0.1, 0.15) is 19.8 Å². The van der Waals surface area contributed by atoms with E-state index in [4.69, 9.17) is 25.5 Å². The molecule has 0 saturated carbocycles. The number of carboxylic acid groups (broad SMARTS) is 3. The molecule has 0 radical (unpaired) electrons. The van der Waals surface area contributed by atoms with Gasteiger partial charge in [0.25, 0.3) is 0 Å². The topological polar surface area (TPSA) is 178 Å². The fourth-order valence-corrected chi connectivity index (χ4v) is 0.714. The number of hydrogen-bond acceptors (Lipinski definition) is 6. The lowest BCUT2D eigenvalue weighted by atomic mass is 9.96. The van der Waals surface area contributed by atoms with Crippen LogP contribution in [-0.4, -0.2) is 55.3 Å². The van der Waals surface area contributed by atoms with E-state index in [1.165, 1.54) is 6.92 Å². The first kappa shape index (κ1) is 21.8. The standard InChI is InChI=1S/C6H8O7.C2H7NO.ClH/c7-3(8)1-6(13,5(11)12)2-4(9)10;1-2(3)4;/h13H,1-2H2,(H,7,8)(H,9,10)(H,11,12);2,4H,3H2,1H3;1H. The van der Waals surface area contributed by atoms with E-state index in [0.717, 1.165) is 0 Å². The lowest BCUT2D eigenvalue weighted by Crippen LogP contribution is -2.42. The number of carbonyl (C=O) groups is 3. The summed E-state index contributed by atoms with van der Waals surface area (Å²) in [5.41, 5.74) is 1.93. The van der Waals surface area contributed by atoms with Crippen LogP contribution in [0, 0.1) is 0 Å². The monoisotopic (exact) mass is 289 g/mol. The van der Waals surface area contributed by atoms with Crippen molar-refractivity contribution in [1.29, 1.82) is 0 Å². The van der Waals surface area contributed by atoms with Gasteiger partial charge < -0.3 is 31.3 Å². The van der Waals surface area contributed by atoms with Crippen LogP contribution in [0.15, 0.2) is 0 Å². The average Bonchev–Trinajstić information content (AvgIpc) is 1.98. The summed E-state index contributed by atoms with van der Waals surface area (Å²) in [4.78, 5) is 30.5. The lowest BCUT2D eigenvalue weighted by molar-refractivity contribution is -0.170. The maximum Gasteiger partial charge on any atom is 0.336 e. The van der Waals surface area contributed by atoms with Gasteiger partial charge >= 0.3 is 17.9 Å². The molecule has 1 atom stereocenters. The molecule has 0 aromatic rings. The molecule has 108 valence electrons. The highest BCUT2D eigenvalue weighted by Crippen LogP contribution is 2.15. The number of nitrogens with two attached hydrogens (primary N) is 1. The van der Waals surface area contributed by atoms with Crippen molar-refractivity contribution >= 4 is 30.3 Å². The van der Waals surface area contributed by atoms with Crippen molar-refractivity contribution in [3.8, 4) is 0 Å². The first-order chi connectivity index (χ1) is 7.51. The van der Waals surface area contributed by atoms with Gasteiger partial charge in [0.2, 0.25) is 0 Å². The molecule has 0 fully saturated rings. The number of hydrogen-bond donors (Lipinski definition) is 6. The zero-order valence-corrected chi connectivity index (χ0v) is 10.3. The Kier molecular flexibility index (Phi) is 11.6. The Morgan fingerprint density at radius 1 is 1.11 bits per heavy atom. The van der Waals surface area contributed by atoms with Crippen LogP contribution in [0.5, 0.6) is 0 Å². The number of halogens is 1. The largest absolute Gasteiger partial charge is 0.481 e. The maximum absolute atomic E-state index is 10.3. The number of aliphatic hydroxyl groups excluding tert-OH is 1. The van der Waals surface area contributed by atoms with Gasteiger partial charge in [0, 0.05) is 0 Å². The molecular weight excluding hydrogens is 274 g/mol. The van der Waals surface area contributed by atoms with Gasteiger partial charge in [0.15, 0.2) is 5.60 Å². The van der Waals surface area contributed by atoms with E-state index in [1.807, 2.05) is 0 Å². The van der Waals surface area contributed by atoms with Crippen LogP contribution >= 0.6 is 12.4 Å². The molecule has 0 amide bonds. The quantitative estimate of drug-likeness (QED) is 0.327. The molecule has 0 rings (SSSR count). The molecule has 0 spiro atoms. The van der Waals surface area contributed by atoms with Gasteiger partial charge in [0.05, 0.1) is 19.1 Å². The molecule has 10 heteroatoms. The predicted octanol–water partition coefficient (Wildman–Crippen LogP) is -1.54. The lowest BCUT2D eigenvalue weighted by Gasteiger charge is -2.18. The fraction of sp³-hybridized carbons (Fsp3) is 0.625. The number of aliphatic hydroxyl groups is 2. The number of rotatable bonds is 5. The Balaban J connectivity index is -0.000000392. The highest BCUT2D eigenvalue weighted by Gasteiger charge is 2.40. The molecule has 0 bridgehead atoms. The second kappa shape index (κ2) is 9.59. The van der Waals surface area contributed by atoms with Gasteiger partial charge in [-0.05, 0) is 6.92 Å². The second-order valence-electron chi connectivity index (χ2n) is 3.22. The van der Waals surface area contributed by atoms with Gasteiger partial charge in [-0.3, -0.25) is 9.59 Å². The van der Waals surface area contributed by atoms with Crippen LogP contribution < -0.4 is 5.73 Å².